The SMILES string of the molecule is N#C[C@@H](C(=O)CCS(=O)(=O)c1ccccc1Cl)c1nc2ccccc2[nH]1. The number of para-hydroxylation sites is 2. The van der Waals surface area contributed by atoms with Gasteiger partial charge in [-0.3, -0.25) is 4.79 Å². The van der Waals surface area contributed by atoms with Crippen molar-refractivity contribution in [2.45, 2.75) is 17.2 Å². The highest BCUT2D eigenvalue weighted by Gasteiger charge is 2.26. The maximum absolute atomic E-state index is 12.4. The number of benzene rings is 2. The van der Waals surface area contributed by atoms with E-state index in [9.17, 15) is 18.5 Å². The number of carbonyl (C=O) groups excluding carboxylic acids is 1. The molecule has 1 atom stereocenters. The fraction of sp³-hybridized carbons (Fsp3) is 0.167. The van der Waals surface area contributed by atoms with Crippen LogP contribution in [0.2, 0.25) is 5.02 Å². The molecule has 0 aliphatic rings. The van der Waals surface area contributed by atoms with E-state index in [1.165, 1.54) is 12.1 Å². The zero-order chi connectivity index (χ0) is 18.7. The van der Waals surface area contributed by atoms with E-state index in [1.54, 1.807) is 30.3 Å². The van der Waals surface area contributed by atoms with Crippen molar-refractivity contribution in [2.24, 2.45) is 0 Å². The second-order valence-corrected chi connectivity index (χ2v) is 8.15. The van der Waals surface area contributed by atoms with Crippen LogP contribution < -0.4 is 0 Å². The first kappa shape index (κ1) is 18.1. The van der Waals surface area contributed by atoms with E-state index in [0.717, 1.165) is 0 Å². The van der Waals surface area contributed by atoms with Crippen LogP contribution in [0.5, 0.6) is 0 Å². The number of carbonyl (C=O) groups is 1. The molecule has 132 valence electrons. The number of aromatic amines is 1. The highest BCUT2D eigenvalue weighted by molar-refractivity contribution is 7.91. The summed E-state index contributed by atoms with van der Waals surface area (Å²) < 4.78 is 24.8. The van der Waals surface area contributed by atoms with Crippen LogP contribution in [-0.4, -0.2) is 29.9 Å². The van der Waals surface area contributed by atoms with Gasteiger partial charge in [-0.2, -0.15) is 5.26 Å². The molecule has 0 amide bonds. The summed E-state index contributed by atoms with van der Waals surface area (Å²) in [6.07, 6.45) is -0.303. The van der Waals surface area contributed by atoms with Gasteiger partial charge >= 0.3 is 0 Å². The van der Waals surface area contributed by atoms with Crippen molar-refractivity contribution in [2.75, 3.05) is 5.75 Å². The van der Waals surface area contributed by atoms with Crippen LogP contribution in [0.4, 0.5) is 0 Å². The maximum atomic E-state index is 12.4. The number of nitriles is 1. The molecule has 8 heteroatoms. The Kier molecular flexibility index (Phi) is 5.07. The van der Waals surface area contributed by atoms with Crippen molar-refractivity contribution < 1.29 is 13.2 Å². The molecule has 3 aromatic rings. The van der Waals surface area contributed by atoms with Crippen molar-refractivity contribution in [3.05, 3.63) is 59.4 Å². The van der Waals surface area contributed by atoms with Crippen molar-refractivity contribution in [1.82, 2.24) is 9.97 Å². The number of nitrogens with zero attached hydrogens (tertiary/aromatic N) is 2. The Morgan fingerprint density at radius 3 is 2.58 bits per heavy atom. The lowest BCUT2D eigenvalue weighted by atomic mass is 10.0. The van der Waals surface area contributed by atoms with Crippen LogP contribution in [-0.2, 0) is 14.6 Å². The molecule has 0 aliphatic heterocycles. The number of ketones is 1. The van der Waals surface area contributed by atoms with Crippen LogP contribution in [0, 0.1) is 11.3 Å². The van der Waals surface area contributed by atoms with Crippen LogP contribution in [0.15, 0.2) is 53.4 Å². The Bertz CT molecular complexity index is 1080. The van der Waals surface area contributed by atoms with Gasteiger partial charge in [0.25, 0.3) is 0 Å². The Morgan fingerprint density at radius 2 is 1.88 bits per heavy atom. The molecule has 3 rings (SSSR count). The van der Waals surface area contributed by atoms with E-state index >= 15 is 0 Å². The van der Waals surface area contributed by atoms with Gasteiger partial charge in [-0.05, 0) is 24.3 Å². The summed E-state index contributed by atoms with van der Waals surface area (Å²) in [4.78, 5) is 19.6. The predicted octanol–water partition coefficient (Wildman–Crippen LogP) is 3.26. The van der Waals surface area contributed by atoms with Gasteiger partial charge in [0.1, 0.15) is 5.82 Å². The normalized spacial score (nSPS) is 12.6. The molecule has 0 fully saturated rings. The molecule has 2 aromatic carbocycles. The zero-order valence-electron chi connectivity index (χ0n) is 13.5. The number of sulfone groups is 1. The molecule has 1 aromatic heterocycles. The quantitative estimate of drug-likeness (QED) is 0.699. The third-order valence-corrected chi connectivity index (χ3v) is 6.13. The van der Waals surface area contributed by atoms with Gasteiger partial charge in [-0.1, -0.05) is 35.9 Å². The Balaban J connectivity index is 1.78. The number of H-pyrrole nitrogens is 1. The van der Waals surface area contributed by atoms with Crippen molar-refractivity contribution in [3.63, 3.8) is 0 Å². The lowest BCUT2D eigenvalue weighted by Gasteiger charge is -2.08. The fourth-order valence-corrected chi connectivity index (χ4v) is 4.41. The summed E-state index contributed by atoms with van der Waals surface area (Å²) in [6, 6.07) is 15.1. The minimum atomic E-state index is -3.73. The summed E-state index contributed by atoms with van der Waals surface area (Å²) in [5.41, 5.74) is 1.35. The number of rotatable bonds is 6. The summed E-state index contributed by atoms with van der Waals surface area (Å²) >= 11 is 5.92. The number of nitrogens with one attached hydrogen (secondary N) is 1. The predicted molar refractivity (Wildman–Crippen MR) is 97.6 cm³/mol. The highest BCUT2D eigenvalue weighted by Crippen LogP contribution is 2.24. The van der Waals surface area contributed by atoms with Crippen LogP contribution in [0.1, 0.15) is 18.2 Å². The van der Waals surface area contributed by atoms with Crippen molar-refractivity contribution in [3.8, 4) is 6.07 Å². The van der Waals surface area contributed by atoms with Gasteiger partial charge < -0.3 is 4.98 Å². The second-order valence-electron chi connectivity index (χ2n) is 5.67. The molecule has 0 aliphatic carbocycles. The average molecular weight is 388 g/mol. The molecular formula is C18H14ClN3O3S. The largest absolute Gasteiger partial charge is 0.340 e. The van der Waals surface area contributed by atoms with E-state index in [4.69, 9.17) is 11.6 Å². The molecule has 0 radical (unpaired) electrons. The van der Waals surface area contributed by atoms with Crippen LogP contribution in [0.25, 0.3) is 11.0 Å². The molecule has 26 heavy (non-hydrogen) atoms. The van der Waals surface area contributed by atoms with Crippen molar-refractivity contribution >= 4 is 38.3 Å². The first-order valence-electron chi connectivity index (χ1n) is 7.76. The lowest BCUT2D eigenvalue weighted by Crippen LogP contribution is -2.17. The molecule has 0 bridgehead atoms. The van der Waals surface area contributed by atoms with Gasteiger partial charge in [-0.25, -0.2) is 13.4 Å². The smallest absolute Gasteiger partial charge is 0.180 e. The van der Waals surface area contributed by atoms with Crippen molar-refractivity contribution in [1.29, 1.82) is 5.26 Å². The number of hydrogen-bond donors (Lipinski definition) is 1. The monoisotopic (exact) mass is 387 g/mol. The summed E-state index contributed by atoms with van der Waals surface area (Å²) in [5, 5.41) is 9.47. The summed E-state index contributed by atoms with van der Waals surface area (Å²) in [7, 11) is -3.73. The van der Waals surface area contributed by atoms with E-state index in [2.05, 4.69) is 9.97 Å². The number of fused-ring (bicyclic) bond motifs is 1. The summed E-state index contributed by atoms with van der Waals surface area (Å²) in [6.45, 7) is 0. The minimum Gasteiger partial charge on any atom is -0.340 e. The molecule has 6 nitrogen and oxygen atoms in total. The Labute approximate surface area is 155 Å². The number of Topliss-reactive ketones (excluding diaryl/α,β-unsaturated/α-hetero) is 1. The lowest BCUT2D eigenvalue weighted by molar-refractivity contribution is -0.119. The van der Waals surface area contributed by atoms with Gasteiger partial charge in [-0.15, -0.1) is 0 Å². The minimum absolute atomic E-state index is 0.0216. The van der Waals surface area contributed by atoms with Crippen LogP contribution >= 0.6 is 11.6 Å². The van der Waals surface area contributed by atoms with Crippen LogP contribution in [0.3, 0.4) is 0 Å². The molecular weight excluding hydrogens is 374 g/mol. The molecule has 0 spiro atoms. The molecule has 0 unspecified atom stereocenters. The maximum Gasteiger partial charge on any atom is 0.180 e. The van der Waals surface area contributed by atoms with Gasteiger partial charge in [0.2, 0.25) is 0 Å². The third kappa shape index (κ3) is 3.62. The molecule has 1 heterocycles. The van der Waals surface area contributed by atoms with Gasteiger partial charge in [0.05, 0.1) is 32.8 Å². The third-order valence-electron chi connectivity index (χ3n) is 3.92. The Morgan fingerprint density at radius 1 is 1.19 bits per heavy atom. The van der Waals surface area contributed by atoms with E-state index in [-0.39, 0.29) is 22.2 Å². The van der Waals surface area contributed by atoms with E-state index < -0.39 is 27.3 Å². The standard InChI is InChI=1S/C18H14ClN3O3S/c19-13-5-1-4-8-17(13)26(24,25)10-9-16(23)12(11-20)18-21-14-6-2-3-7-15(14)22-18/h1-8,12H,9-10H2,(H,21,22)/t12-/m0/s1. The number of halogens is 1. The number of hydrogen-bond acceptors (Lipinski definition) is 5. The molecule has 1 N–H and O–H groups in total. The first-order chi connectivity index (χ1) is 12.4. The molecule has 0 saturated carbocycles. The van der Waals surface area contributed by atoms with Gasteiger partial charge in [0, 0.05) is 6.42 Å². The highest BCUT2D eigenvalue weighted by atomic mass is 35.5. The van der Waals surface area contributed by atoms with E-state index in [1.807, 2.05) is 12.1 Å². The fourth-order valence-electron chi connectivity index (χ4n) is 2.58. The molecule has 0 saturated heterocycles. The van der Waals surface area contributed by atoms with Gasteiger partial charge in [0.15, 0.2) is 21.5 Å². The van der Waals surface area contributed by atoms with E-state index in [0.29, 0.717) is 11.0 Å². The zero-order valence-corrected chi connectivity index (χ0v) is 15.1. The second kappa shape index (κ2) is 7.28. The Hall–Kier alpha value is -2.69. The summed E-state index contributed by atoms with van der Waals surface area (Å²) in [5.74, 6) is -1.87. The topological polar surface area (TPSA) is 104 Å². The number of imidazole rings is 1. The average Bonchev–Trinajstić information content (AvgIpc) is 3.04. The first-order valence-corrected chi connectivity index (χ1v) is 9.79. The number of aromatic nitrogens is 2.